The van der Waals surface area contributed by atoms with Crippen LogP contribution in [0.15, 0.2) is 48.5 Å². The standard InChI is InChI=1S/C30H34N4O6/c1-19-29(38)28(30(39)31-17-27(36)37)33-26(32-19)16-23-11-13-34(14-12-23)25-9-7-22(8-10-25)15-21-3-5-24(6-4-21)18-40-20(2)35/h3-10,23,38H,11-18H2,1-2H3,(H,31,39)(H,36,37). The number of carboxylic acids is 1. The molecule has 3 aromatic rings. The summed E-state index contributed by atoms with van der Waals surface area (Å²) in [5.41, 5.74) is 4.64. The van der Waals surface area contributed by atoms with E-state index < -0.39 is 18.4 Å². The van der Waals surface area contributed by atoms with Gasteiger partial charge in [0.1, 0.15) is 19.0 Å². The van der Waals surface area contributed by atoms with Crippen molar-refractivity contribution in [2.75, 3.05) is 24.5 Å². The Morgan fingerprint density at radius 1 is 0.975 bits per heavy atom. The Labute approximate surface area is 233 Å². The number of nitrogens with zero attached hydrogens (tertiary/aromatic N) is 3. The molecule has 0 aliphatic carbocycles. The summed E-state index contributed by atoms with van der Waals surface area (Å²) in [5.74, 6) is -1.73. The van der Waals surface area contributed by atoms with Gasteiger partial charge in [-0.2, -0.15) is 0 Å². The maximum atomic E-state index is 12.3. The van der Waals surface area contributed by atoms with Gasteiger partial charge in [0, 0.05) is 32.1 Å². The van der Waals surface area contributed by atoms with Crippen molar-refractivity contribution in [1.29, 1.82) is 0 Å². The van der Waals surface area contributed by atoms with Gasteiger partial charge in [0.05, 0.1) is 5.69 Å². The van der Waals surface area contributed by atoms with Crippen LogP contribution in [0.5, 0.6) is 5.75 Å². The second-order valence-corrected chi connectivity index (χ2v) is 10.1. The van der Waals surface area contributed by atoms with Gasteiger partial charge in [0.15, 0.2) is 11.4 Å². The summed E-state index contributed by atoms with van der Waals surface area (Å²) in [6.45, 7) is 4.51. The van der Waals surface area contributed by atoms with Crippen molar-refractivity contribution >= 4 is 23.5 Å². The van der Waals surface area contributed by atoms with Crippen molar-refractivity contribution < 1.29 is 29.3 Å². The second-order valence-electron chi connectivity index (χ2n) is 10.1. The molecule has 1 saturated heterocycles. The van der Waals surface area contributed by atoms with Gasteiger partial charge in [-0.3, -0.25) is 14.4 Å². The number of aromatic nitrogens is 2. The number of ether oxygens (including phenoxy) is 1. The highest BCUT2D eigenvalue weighted by Crippen LogP contribution is 2.27. The maximum absolute atomic E-state index is 12.3. The number of esters is 1. The Morgan fingerprint density at radius 3 is 2.17 bits per heavy atom. The van der Waals surface area contributed by atoms with E-state index in [4.69, 9.17) is 9.84 Å². The molecule has 2 heterocycles. The van der Waals surface area contributed by atoms with Crippen LogP contribution in [0.3, 0.4) is 0 Å². The third-order valence-electron chi connectivity index (χ3n) is 6.98. The lowest BCUT2D eigenvalue weighted by molar-refractivity contribution is -0.142. The normalized spacial score (nSPS) is 13.6. The van der Waals surface area contributed by atoms with E-state index in [0.717, 1.165) is 37.9 Å². The van der Waals surface area contributed by atoms with E-state index in [1.165, 1.54) is 23.7 Å². The lowest BCUT2D eigenvalue weighted by Crippen LogP contribution is -2.34. The van der Waals surface area contributed by atoms with Gasteiger partial charge < -0.3 is 25.2 Å². The largest absolute Gasteiger partial charge is 0.504 e. The summed E-state index contributed by atoms with van der Waals surface area (Å²) >= 11 is 0. The van der Waals surface area contributed by atoms with Gasteiger partial charge in [-0.1, -0.05) is 36.4 Å². The number of amides is 1. The summed E-state index contributed by atoms with van der Waals surface area (Å²) in [6, 6.07) is 16.7. The smallest absolute Gasteiger partial charge is 0.322 e. The highest BCUT2D eigenvalue weighted by Gasteiger charge is 2.23. The number of carbonyl (C=O) groups is 3. The zero-order chi connectivity index (χ0) is 28.6. The minimum Gasteiger partial charge on any atom is -0.504 e. The molecule has 1 aliphatic heterocycles. The van der Waals surface area contributed by atoms with Crippen LogP contribution in [0.25, 0.3) is 0 Å². The van der Waals surface area contributed by atoms with Gasteiger partial charge in [-0.05, 0) is 60.9 Å². The summed E-state index contributed by atoms with van der Waals surface area (Å²) in [4.78, 5) is 45.0. The average molecular weight is 547 g/mol. The number of anilines is 1. The molecule has 1 amide bonds. The first-order chi connectivity index (χ1) is 19.2. The van der Waals surface area contributed by atoms with Gasteiger partial charge in [-0.25, -0.2) is 9.97 Å². The molecule has 0 atom stereocenters. The predicted molar refractivity (Wildman–Crippen MR) is 148 cm³/mol. The number of carboxylic acid groups (broad SMARTS) is 1. The molecule has 40 heavy (non-hydrogen) atoms. The second kappa shape index (κ2) is 13.1. The number of aromatic hydroxyl groups is 1. The number of benzene rings is 2. The monoisotopic (exact) mass is 546 g/mol. The van der Waals surface area contributed by atoms with E-state index >= 15 is 0 Å². The molecule has 0 spiro atoms. The summed E-state index contributed by atoms with van der Waals surface area (Å²) in [5, 5.41) is 21.2. The van der Waals surface area contributed by atoms with Gasteiger partial charge in [0.25, 0.3) is 5.91 Å². The van der Waals surface area contributed by atoms with Crippen molar-refractivity contribution in [2.24, 2.45) is 5.92 Å². The Balaban J connectivity index is 1.29. The molecule has 10 heteroatoms. The first kappa shape index (κ1) is 28.5. The number of rotatable bonds is 10. The number of aliphatic carboxylic acids is 1. The molecule has 0 saturated carbocycles. The van der Waals surface area contributed by atoms with E-state index in [1.54, 1.807) is 6.92 Å². The third kappa shape index (κ3) is 7.78. The number of hydrogen-bond acceptors (Lipinski definition) is 8. The summed E-state index contributed by atoms with van der Waals surface area (Å²) in [6.07, 6.45) is 3.27. The lowest BCUT2D eigenvalue weighted by atomic mass is 9.92. The van der Waals surface area contributed by atoms with Crippen LogP contribution in [0.2, 0.25) is 0 Å². The summed E-state index contributed by atoms with van der Waals surface area (Å²) in [7, 11) is 0. The van der Waals surface area contributed by atoms with E-state index in [-0.39, 0.29) is 24.0 Å². The van der Waals surface area contributed by atoms with E-state index in [2.05, 4.69) is 56.6 Å². The van der Waals surface area contributed by atoms with Crippen LogP contribution < -0.4 is 10.2 Å². The fourth-order valence-corrected chi connectivity index (χ4v) is 4.77. The predicted octanol–water partition coefficient (Wildman–Crippen LogP) is 3.42. The molecular formula is C30H34N4O6. The lowest BCUT2D eigenvalue weighted by Gasteiger charge is -2.33. The first-order valence-electron chi connectivity index (χ1n) is 13.3. The van der Waals surface area contributed by atoms with Crippen LogP contribution >= 0.6 is 0 Å². The highest BCUT2D eigenvalue weighted by molar-refractivity contribution is 5.96. The van der Waals surface area contributed by atoms with Crippen molar-refractivity contribution in [3.8, 4) is 5.75 Å². The fourth-order valence-electron chi connectivity index (χ4n) is 4.77. The SMILES string of the molecule is CC(=O)OCc1ccc(Cc2ccc(N3CCC(Cc4nc(C)c(O)c(C(=O)NCC(=O)O)n4)CC3)cc2)cc1. The molecule has 0 radical (unpaired) electrons. The molecule has 210 valence electrons. The van der Waals surface area contributed by atoms with Crippen molar-refractivity contribution in [3.63, 3.8) is 0 Å². The Hall–Kier alpha value is -4.47. The van der Waals surface area contributed by atoms with Crippen LogP contribution in [-0.4, -0.2) is 57.7 Å². The molecule has 1 aliphatic rings. The molecule has 0 unspecified atom stereocenters. The molecule has 0 bridgehead atoms. The van der Waals surface area contributed by atoms with E-state index in [0.29, 0.717) is 23.9 Å². The number of carbonyl (C=O) groups excluding carboxylic acids is 2. The average Bonchev–Trinajstić information content (AvgIpc) is 2.94. The highest BCUT2D eigenvalue weighted by atomic mass is 16.5. The van der Waals surface area contributed by atoms with Crippen molar-refractivity contribution in [2.45, 2.75) is 46.1 Å². The van der Waals surface area contributed by atoms with Crippen molar-refractivity contribution in [1.82, 2.24) is 15.3 Å². The van der Waals surface area contributed by atoms with Crippen LogP contribution in [0.1, 0.15) is 58.5 Å². The molecule has 2 aromatic carbocycles. The van der Waals surface area contributed by atoms with Crippen LogP contribution in [0.4, 0.5) is 5.69 Å². The Kier molecular flexibility index (Phi) is 9.31. The van der Waals surface area contributed by atoms with Gasteiger partial charge in [-0.15, -0.1) is 0 Å². The minimum absolute atomic E-state index is 0.195. The zero-order valence-corrected chi connectivity index (χ0v) is 22.7. The van der Waals surface area contributed by atoms with Crippen molar-refractivity contribution in [3.05, 3.63) is 82.4 Å². The molecule has 10 nitrogen and oxygen atoms in total. The number of piperidine rings is 1. The zero-order valence-electron chi connectivity index (χ0n) is 22.7. The van der Waals surface area contributed by atoms with E-state index in [9.17, 15) is 19.5 Å². The maximum Gasteiger partial charge on any atom is 0.322 e. The van der Waals surface area contributed by atoms with Gasteiger partial charge in [0.2, 0.25) is 0 Å². The molecule has 1 fully saturated rings. The first-order valence-corrected chi connectivity index (χ1v) is 13.3. The number of aryl methyl sites for hydroxylation is 1. The molecule has 3 N–H and O–H groups in total. The quantitative estimate of drug-likeness (QED) is 0.326. The summed E-state index contributed by atoms with van der Waals surface area (Å²) < 4.78 is 5.04. The Morgan fingerprint density at radius 2 is 1.57 bits per heavy atom. The van der Waals surface area contributed by atoms with E-state index in [1.807, 2.05) is 12.1 Å². The molecule has 4 rings (SSSR count). The number of hydrogen-bond donors (Lipinski definition) is 3. The number of nitrogens with one attached hydrogen (secondary N) is 1. The third-order valence-corrected chi connectivity index (χ3v) is 6.98. The van der Waals surface area contributed by atoms with Gasteiger partial charge >= 0.3 is 11.9 Å². The topological polar surface area (TPSA) is 142 Å². The van der Waals surface area contributed by atoms with Crippen LogP contribution in [-0.2, 0) is 33.8 Å². The minimum atomic E-state index is -1.18. The Bertz CT molecular complexity index is 1350. The fraction of sp³-hybridized carbons (Fsp3) is 0.367. The molecular weight excluding hydrogens is 512 g/mol. The molecule has 1 aromatic heterocycles. The van der Waals surface area contributed by atoms with Crippen LogP contribution in [0, 0.1) is 12.8 Å².